The summed E-state index contributed by atoms with van der Waals surface area (Å²) in [5.41, 5.74) is 2.10. The summed E-state index contributed by atoms with van der Waals surface area (Å²) in [4.78, 5) is 20.3. The van der Waals surface area contributed by atoms with Gasteiger partial charge in [-0.2, -0.15) is 0 Å². The molecule has 0 bridgehead atoms. The first-order valence-electron chi connectivity index (χ1n) is 6.50. The Hall–Kier alpha value is -2.05. The summed E-state index contributed by atoms with van der Waals surface area (Å²) in [6.07, 6.45) is 3.25. The quantitative estimate of drug-likeness (QED) is 0.723. The molecular weight excluding hydrogens is 256 g/mol. The minimum Gasteiger partial charge on any atom is -0.383 e. The molecular formula is C14H18N4O2. The third-order valence-corrected chi connectivity index (χ3v) is 2.80. The minimum atomic E-state index is -0.105. The van der Waals surface area contributed by atoms with Gasteiger partial charge in [0, 0.05) is 44.7 Å². The van der Waals surface area contributed by atoms with Crippen LogP contribution in [0.5, 0.6) is 0 Å². The lowest BCUT2D eigenvalue weighted by Gasteiger charge is -2.07. The Bertz CT molecular complexity index is 574. The number of methoxy groups -OCH3 is 1. The van der Waals surface area contributed by atoms with Crippen LogP contribution in [0.15, 0.2) is 30.6 Å². The molecule has 106 valence electrons. The molecule has 0 aliphatic carbocycles. The lowest BCUT2D eigenvalue weighted by molar-refractivity contribution is 0.0954. The Kier molecular flexibility index (Phi) is 5.40. The van der Waals surface area contributed by atoms with Gasteiger partial charge in [0.2, 0.25) is 0 Å². The zero-order valence-corrected chi connectivity index (χ0v) is 11.4. The Morgan fingerprint density at radius 1 is 1.15 bits per heavy atom. The van der Waals surface area contributed by atoms with Crippen molar-refractivity contribution >= 4 is 16.9 Å². The summed E-state index contributed by atoms with van der Waals surface area (Å²) in [7, 11) is 1.66. The molecule has 1 amide bonds. The monoisotopic (exact) mass is 274 g/mol. The van der Waals surface area contributed by atoms with Gasteiger partial charge < -0.3 is 15.4 Å². The highest BCUT2D eigenvalue weighted by Crippen LogP contribution is 2.10. The third-order valence-electron chi connectivity index (χ3n) is 2.80. The Morgan fingerprint density at radius 2 is 1.95 bits per heavy atom. The van der Waals surface area contributed by atoms with E-state index >= 15 is 0 Å². The van der Waals surface area contributed by atoms with E-state index in [4.69, 9.17) is 4.74 Å². The van der Waals surface area contributed by atoms with Gasteiger partial charge in [-0.25, -0.2) is 0 Å². The van der Waals surface area contributed by atoms with E-state index in [9.17, 15) is 4.79 Å². The molecule has 2 N–H and O–H groups in total. The highest BCUT2D eigenvalue weighted by molar-refractivity contribution is 5.97. The molecule has 20 heavy (non-hydrogen) atoms. The fourth-order valence-corrected chi connectivity index (χ4v) is 1.77. The number of hydrogen-bond donors (Lipinski definition) is 2. The van der Waals surface area contributed by atoms with Crippen LogP contribution < -0.4 is 10.6 Å². The maximum atomic E-state index is 12.0. The molecule has 0 atom stereocenters. The molecule has 1 heterocycles. The second-order valence-electron chi connectivity index (χ2n) is 4.26. The summed E-state index contributed by atoms with van der Waals surface area (Å²) in [6, 6.07) is 5.30. The average molecular weight is 274 g/mol. The normalized spacial score (nSPS) is 10.7. The second-order valence-corrected chi connectivity index (χ2v) is 4.26. The van der Waals surface area contributed by atoms with E-state index in [1.165, 1.54) is 0 Å². The number of fused-ring (bicyclic) bond motifs is 1. The van der Waals surface area contributed by atoms with Crippen LogP contribution >= 0.6 is 0 Å². The molecule has 0 saturated carbocycles. The van der Waals surface area contributed by atoms with E-state index in [-0.39, 0.29) is 5.91 Å². The number of benzene rings is 1. The van der Waals surface area contributed by atoms with E-state index < -0.39 is 0 Å². The number of nitrogens with one attached hydrogen (secondary N) is 2. The Labute approximate surface area is 117 Å². The Balaban J connectivity index is 1.84. The van der Waals surface area contributed by atoms with Gasteiger partial charge in [-0.05, 0) is 18.2 Å². The molecule has 0 spiro atoms. The number of rotatable bonds is 7. The molecule has 1 aromatic carbocycles. The lowest BCUT2D eigenvalue weighted by atomic mass is 10.2. The molecule has 0 aliphatic heterocycles. The first-order valence-corrected chi connectivity index (χ1v) is 6.50. The van der Waals surface area contributed by atoms with Gasteiger partial charge in [-0.3, -0.25) is 14.8 Å². The number of hydrogen-bond acceptors (Lipinski definition) is 5. The molecule has 1 aromatic heterocycles. The maximum absolute atomic E-state index is 12.0. The van der Waals surface area contributed by atoms with Crippen molar-refractivity contribution < 1.29 is 9.53 Å². The van der Waals surface area contributed by atoms with Gasteiger partial charge in [0.15, 0.2) is 0 Å². The molecule has 0 aliphatic rings. The van der Waals surface area contributed by atoms with E-state index in [2.05, 4.69) is 20.6 Å². The van der Waals surface area contributed by atoms with Gasteiger partial charge >= 0.3 is 0 Å². The van der Waals surface area contributed by atoms with Crippen molar-refractivity contribution in [3.05, 3.63) is 36.2 Å². The number of amides is 1. The predicted octanol–water partition coefficient (Wildman–Crippen LogP) is 0.596. The predicted molar refractivity (Wildman–Crippen MR) is 76.6 cm³/mol. The third kappa shape index (κ3) is 3.97. The maximum Gasteiger partial charge on any atom is 0.251 e. The number of carbonyl (C=O) groups excluding carboxylic acids is 1. The van der Waals surface area contributed by atoms with E-state index in [0.717, 1.165) is 17.6 Å². The van der Waals surface area contributed by atoms with Crippen LogP contribution in [0.4, 0.5) is 0 Å². The summed E-state index contributed by atoms with van der Waals surface area (Å²) in [5.74, 6) is -0.105. The van der Waals surface area contributed by atoms with Crippen molar-refractivity contribution in [1.29, 1.82) is 0 Å². The van der Waals surface area contributed by atoms with Gasteiger partial charge in [-0.15, -0.1) is 0 Å². The molecule has 0 saturated heterocycles. The topological polar surface area (TPSA) is 76.1 Å². The zero-order chi connectivity index (χ0) is 14.2. The first-order chi connectivity index (χ1) is 9.81. The van der Waals surface area contributed by atoms with Crippen molar-refractivity contribution in [2.75, 3.05) is 33.4 Å². The molecule has 6 nitrogen and oxygen atoms in total. The van der Waals surface area contributed by atoms with Crippen LogP contribution in [0.25, 0.3) is 11.0 Å². The van der Waals surface area contributed by atoms with Crippen molar-refractivity contribution in [3.8, 4) is 0 Å². The van der Waals surface area contributed by atoms with Crippen LogP contribution in [-0.2, 0) is 4.74 Å². The van der Waals surface area contributed by atoms with Crippen molar-refractivity contribution in [2.24, 2.45) is 0 Å². The second kappa shape index (κ2) is 7.52. The van der Waals surface area contributed by atoms with E-state index in [1.54, 1.807) is 37.7 Å². The number of nitrogens with zero attached hydrogens (tertiary/aromatic N) is 2. The van der Waals surface area contributed by atoms with Crippen LogP contribution in [-0.4, -0.2) is 49.2 Å². The highest BCUT2D eigenvalue weighted by Gasteiger charge is 2.06. The minimum absolute atomic E-state index is 0.105. The lowest BCUT2D eigenvalue weighted by Crippen LogP contribution is -2.33. The first kappa shape index (κ1) is 14.4. The zero-order valence-electron chi connectivity index (χ0n) is 11.4. The smallest absolute Gasteiger partial charge is 0.251 e. The van der Waals surface area contributed by atoms with Crippen LogP contribution in [0, 0.1) is 0 Å². The highest BCUT2D eigenvalue weighted by atomic mass is 16.5. The standard InChI is InChI=1S/C14H18N4O2/c1-20-9-8-15-4-5-18-14(19)11-2-3-12-13(10-11)17-7-6-16-12/h2-3,6-7,10,15H,4-5,8-9H2,1H3,(H,18,19). The largest absolute Gasteiger partial charge is 0.383 e. The average Bonchev–Trinajstić information content (AvgIpc) is 2.50. The van der Waals surface area contributed by atoms with Gasteiger partial charge in [0.25, 0.3) is 5.91 Å². The molecule has 2 rings (SSSR count). The van der Waals surface area contributed by atoms with Crippen LogP contribution in [0.2, 0.25) is 0 Å². The van der Waals surface area contributed by atoms with Crippen molar-refractivity contribution in [3.63, 3.8) is 0 Å². The summed E-state index contributed by atoms with van der Waals surface area (Å²) >= 11 is 0. The summed E-state index contributed by atoms with van der Waals surface area (Å²) < 4.78 is 4.92. The van der Waals surface area contributed by atoms with Gasteiger partial charge in [0.05, 0.1) is 17.6 Å². The van der Waals surface area contributed by atoms with E-state index in [0.29, 0.717) is 25.3 Å². The summed E-state index contributed by atoms with van der Waals surface area (Å²) in [6.45, 7) is 2.72. The van der Waals surface area contributed by atoms with Gasteiger partial charge in [0.1, 0.15) is 0 Å². The van der Waals surface area contributed by atoms with Crippen LogP contribution in [0.1, 0.15) is 10.4 Å². The number of ether oxygens (including phenoxy) is 1. The Morgan fingerprint density at radius 3 is 2.75 bits per heavy atom. The number of aromatic nitrogens is 2. The van der Waals surface area contributed by atoms with E-state index in [1.807, 2.05) is 0 Å². The molecule has 2 aromatic rings. The SMILES string of the molecule is COCCNCCNC(=O)c1ccc2nccnc2c1. The van der Waals surface area contributed by atoms with Crippen molar-refractivity contribution in [1.82, 2.24) is 20.6 Å². The molecule has 6 heteroatoms. The summed E-state index contributed by atoms with van der Waals surface area (Å²) in [5, 5.41) is 6.01. The number of carbonyl (C=O) groups is 1. The van der Waals surface area contributed by atoms with Gasteiger partial charge in [-0.1, -0.05) is 0 Å². The fourth-order valence-electron chi connectivity index (χ4n) is 1.77. The molecule has 0 unspecified atom stereocenters. The molecule has 0 fully saturated rings. The van der Waals surface area contributed by atoms with Crippen LogP contribution in [0.3, 0.4) is 0 Å². The fraction of sp³-hybridized carbons (Fsp3) is 0.357. The molecule has 0 radical (unpaired) electrons. The van der Waals surface area contributed by atoms with Crippen molar-refractivity contribution in [2.45, 2.75) is 0 Å².